The topological polar surface area (TPSA) is 36.0 Å². The first-order valence-electron chi connectivity index (χ1n) is 3.79. The number of benzene rings is 1. The Hall–Kier alpha value is -1.70. The molecule has 2 N–H and O–H groups in total. The van der Waals surface area contributed by atoms with Crippen LogP contribution in [0.4, 0.5) is 0 Å². The predicted octanol–water partition coefficient (Wildman–Crippen LogP) is 2.39. The highest BCUT2D eigenvalue weighted by Crippen LogP contribution is 2.19. The van der Waals surface area contributed by atoms with Crippen LogP contribution >= 0.6 is 0 Å². The van der Waals surface area contributed by atoms with Crippen molar-refractivity contribution in [2.75, 3.05) is 0 Å². The predicted molar refractivity (Wildman–Crippen MR) is 47.9 cm³/mol. The average molecular weight is 159 g/mol. The van der Waals surface area contributed by atoms with Crippen LogP contribution in [0.15, 0.2) is 42.5 Å². The molecule has 0 unspecified atom stereocenters. The van der Waals surface area contributed by atoms with Crippen molar-refractivity contribution in [3.63, 3.8) is 0 Å². The lowest BCUT2D eigenvalue weighted by Crippen LogP contribution is -1.74. The van der Waals surface area contributed by atoms with Gasteiger partial charge in [-0.3, -0.25) is 0 Å². The molecule has 1 aromatic carbocycles. The molecule has 0 fully saturated rings. The zero-order chi connectivity index (χ0) is 8.39. The van der Waals surface area contributed by atoms with Crippen molar-refractivity contribution >= 4 is 0 Å². The maximum Gasteiger partial charge on any atom is 0.188 e. The summed E-state index contributed by atoms with van der Waals surface area (Å²) in [5.41, 5.74) is 2.02. The lowest BCUT2D eigenvalue weighted by atomic mass is 10.2. The number of hydrogen-bond donors (Lipinski definition) is 2. The number of aromatic amines is 1. The Kier molecular flexibility index (Phi) is 1.59. The summed E-state index contributed by atoms with van der Waals surface area (Å²) in [5.74, 6) is 0.203. The second-order valence-corrected chi connectivity index (χ2v) is 2.62. The first kappa shape index (κ1) is 6.98. The smallest absolute Gasteiger partial charge is 0.188 e. The number of aromatic hydroxyl groups is 1. The van der Waals surface area contributed by atoms with Gasteiger partial charge in [0.05, 0.1) is 0 Å². The lowest BCUT2D eigenvalue weighted by molar-refractivity contribution is 0.457. The Balaban J connectivity index is 2.45. The third-order valence-corrected chi connectivity index (χ3v) is 1.76. The molecule has 0 saturated heterocycles. The van der Waals surface area contributed by atoms with Crippen LogP contribution in [0.5, 0.6) is 5.88 Å². The molecular weight excluding hydrogens is 150 g/mol. The van der Waals surface area contributed by atoms with Gasteiger partial charge in [0.25, 0.3) is 0 Å². The molecule has 0 radical (unpaired) electrons. The van der Waals surface area contributed by atoms with Gasteiger partial charge in [0.1, 0.15) is 0 Å². The highest BCUT2D eigenvalue weighted by molar-refractivity contribution is 5.60. The van der Waals surface area contributed by atoms with Crippen molar-refractivity contribution < 1.29 is 5.11 Å². The molecule has 2 nitrogen and oxygen atoms in total. The van der Waals surface area contributed by atoms with Crippen molar-refractivity contribution in [3.8, 4) is 17.1 Å². The fourth-order valence-electron chi connectivity index (χ4n) is 1.17. The van der Waals surface area contributed by atoms with E-state index in [0.29, 0.717) is 0 Å². The highest BCUT2D eigenvalue weighted by Gasteiger charge is 1.97. The second kappa shape index (κ2) is 2.74. The normalized spacial score (nSPS) is 10.0. The molecule has 0 aliphatic carbocycles. The van der Waals surface area contributed by atoms with E-state index >= 15 is 0 Å². The second-order valence-electron chi connectivity index (χ2n) is 2.62. The van der Waals surface area contributed by atoms with Crippen molar-refractivity contribution in [2.45, 2.75) is 0 Å². The molecule has 0 saturated carbocycles. The largest absolute Gasteiger partial charge is 0.495 e. The minimum absolute atomic E-state index is 0.203. The van der Waals surface area contributed by atoms with E-state index in [1.165, 1.54) is 0 Å². The van der Waals surface area contributed by atoms with Gasteiger partial charge in [-0.25, -0.2) is 0 Å². The van der Waals surface area contributed by atoms with Crippen LogP contribution in [-0.4, -0.2) is 10.1 Å². The molecule has 12 heavy (non-hydrogen) atoms. The average Bonchev–Trinajstić information content (AvgIpc) is 2.54. The summed E-state index contributed by atoms with van der Waals surface area (Å²) < 4.78 is 0. The quantitative estimate of drug-likeness (QED) is 0.658. The molecule has 0 spiro atoms. The van der Waals surface area contributed by atoms with Gasteiger partial charge in [-0.2, -0.15) is 0 Å². The van der Waals surface area contributed by atoms with Gasteiger partial charge in [-0.05, 0) is 11.6 Å². The van der Waals surface area contributed by atoms with Gasteiger partial charge >= 0.3 is 0 Å². The van der Waals surface area contributed by atoms with Crippen LogP contribution in [0, 0.1) is 0 Å². The minimum atomic E-state index is 0.203. The fourth-order valence-corrected chi connectivity index (χ4v) is 1.17. The van der Waals surface area contributed by atoms with E-state index in [1.807, 2.05) is 36.4 Å². The van der Waals surface area contributed by atoms with Gasteiger partial charge in [-0.15, -0.1) is 0 Å². The fraction of sp³-hybridized carbons (Fsp3) is 0. The summed E-state index contributed by atoms with van der Waals surface area (Å²) in [4.78, 5) is 2.85. The van der Waals surface area contributed by atoms with Crippen LogP contribution in [0.3, 0.4) is 0 Å². The molecule has 60 valence electrons. The summed E-state index contributed by atoms with van der Waals surface area (Å²) in [6, 6.07) is 13.4. The molecule has 0 amide bonds. The molecule has 1 heterocycles. The molecule has 0 aliphatic heterocycles. The monoisotopic (exact) mass is 159 g/mol. The summed E-state index contributed by atoms with van der Waals surface area (Å²) >= 11 is 0. The number of hydrogen-bond acceptors (Lipinski definition) is 1. The van der Waals surface area contributed by atoms with Crippen LogP contribution in [0.25, 0.3) is 11.3 Å². The first-order chi connectivity index (χ1) is 5.86. The van der Waals surface area contributed by atoms with Gasteiger partial charge in [-0.1, -0.05) is 30.3 Å². The maximum absolute atomic E-state index is 9.06. The van der Waals surface area contributed by atoms with E-state index in [0.717, 1.165) is 11.3 Å². The molecule has 1 aromatic heterocycles. The van der Waals surface area contributed by atoms with Crippen molar-refractivity contribution in [1.82, 2.24) is 4.98 Å². The van der Waals surface area contributed by atoms with Crippen molar-refractivity contribution in [1.29, 1.82) is 0 Å². The number of rotatable bonds is 1. The van der Waals surface area contributed by atoms with Gasteiger partial charge in [0, 0.05) is 11.8 Å². The number of nitrogens with one attached hydrogen (secondary N) is 1. The van der Waals surface area contributed by atoms with E-state index in [4.69, 9.17) is 5.11 Å². The van der Waals surface area contributed by atoms with E-state index in [9.17, 15) is 0 Å². The van der Waals surface area contributed by atoms with Gasteiger partial charge in [0.15, 0.2) is 5.88 Å². The summed E-state index contributed by atoms with van der Waals surface area (Å²) in [7, 11) is 0. The van der Waals surface area contributed by atoms with E-state index in [-0.39, 0.29) is 5.88 Å². The molecule has 0 aliphatic rings. The summed E-state index contributed by atoms with van der Waals surface area (Å²) in [6.07, 6.45) is 0. The Morgan fingerprint density at radius 1 is 0.917 bits per heavy atom. The zero-order valence-corrected chi connectivity index (χ0v) is 6.49. The van der Waals surface area contributed by atoms with E-state index in [1.54, 1.807) is 6.07 Å². The van der Waals surface area contributed by atoms with Crippen LogP contribution < -0.4 is 0 Å². The third kappa shape index (κ3) is 1.19. The Morgan fingerprint density at radius 2 is 1.67 bits per heavy atom. The summed E-state index contributed by atoms with van der Waals surface area (Å²) in [5, 5.41) is 9.06. The Morgan fingerprint density at radius 3 is 2.25 bits per heavy atom. The lowest BCUT2D eigenvalue weighted by Gasteiger charge is -1.94. The van der Waals surface area contributed by atoms with E-state index < -0.39 is 0 Å². The number of aromatic nitrogens is 1. The van der Waals surface area contributed by atoms with Crippen molar-refractivity contribution in [3.05, 3.63) is 42.5 Å². The van der Waals surface area contributed by atoms with E-state index in [2.05, 4.69) is 4.98 Å². The maximum atomic E-state index is 9.06. The highest BCUT2D eigenvalue weighted by atomic mass is 16.3. The van der Waals surface area contributed by atoms with Gasteiger partial charge < -0.3 is 10.1 Å². The SMILES string of the molecule is Oc1ccc(-c2ccccc2)[nH]1. The zero-order valence-electron chi connectivity index (χ0n) is 6.49. The molecule has 0 bridgehead atoms. The third-order valence-electron chi connectivity index (χ3n) is 1.76. The molecule has 2 heteroatoms. The Bertz CT molecular complexity index is 364. The van der Waals surface area contributed by atoms with Crippen LogP contribution in [-0.2, 0) is 0 Å². The van der Waals surface area contributed by atoms with Crippen molar-refractivity contribution in [2.24, 2.45) is 0 Å². The Labute approximate surface area is 70.5 Å². The van der Waals surface area contributed by atoms with Gasteiger partial charge in [0.2, 0.25) is 0 Å². The molecule has 2 rings (SSSR count). The number of H-pyrrole nitrogens is 1. The minimum Gasteiger partial charge on any atom is -0.495 e. The molecular formula is C10H9NO. The molecule has 2 aromatic rings. The van der Waals surface area contributed by atoms with Crippen LogP contribution in [0.1, 0.15) is 0 Å². The molecule has 0 atom stereocenters. The standard InChI is InChI=1S/C10H9NO/c12-10-7-6-9(11-10)8-4-2-1-3-5-8/h1-7,11-12H. The summed E-state index contributed by atoms with van der Waals surface area (Å²) in [6.45, 7) is 0. The first-order valence-corrected chi connectivity index (χ1v) is 3.79. The van der Waals surface area contributed by atoms with Crippen LogP contribution in [0.2, 0.25) is 0 Å².